The number of halogens is 1. The van der Waals surface area contributed by atoms with Gasteiger partial charge in [-0.05, 0) is 45.4 Å². The largest absolute Gasteiger partial charge is 0.383 e. The Morgan fingerprint density at radius 3 is 2.19 bits per heavy atom. The zero-order chi connectivity index (χ0) is 19.4. The molecule has 1 aromatic rings. The van der Waals surface area contributed by atoms with E-state index in [0.29, 0.717) is 18.7 Å². The lowest BCUT2D eigenvalue weighted by molar-refractivity contribution is 0.178. The van der Waals surface area contributed by atoms with Crippen LogP contribution in [0.1, 0.15) is 33.3 Å². The first-order chi connectivity index (χ1) is 12.5. The maximum Gasteiger partial charge on any atom is 0.191 e. The molecule has 1 aromatic carbocycles. The number of hydrogen-bond donors (Lipinski definition) is 3. The molecule has 0 aliphatic heterocycles. The van der Waals surface area contributed by atoms with Crippen molar-refractivity contribution < 1.29 is 4.74 Å². The summed E-state index contributed by atoms with van der Waals surface area (Å²) in [7, 11) is 3.52. The van der Waals surface area contributed by atoms with Crippen molar-refractivity contribution >= 4 is 35.6 Å². The van der Waals surface area contributed by atoms with Crippen LogP contribution in [0.5, 0.6) is 0 Å². The Morgan fingerprint density at radius 2 is 1.67 bits per heavy atom. The van der Waals surface area contributed by atoms with Gasteiger partial charge in [-0.3, -0.25) is 9.89 Å². The molecule has 0 atom stereocenters. The summed E-state index contributed by atoms with van der Waals surface area (Å²) in [5.74, 6) is 0.833. The van der Waals surface area contributed by atoms with E-state index in [-0.39, 0.29) is 24.0 Å². The van der Waals surface area contributed by atoms with Gasteiger partial charge in [-0.2, -0.15) is 0 Å². The molecule has 7 heteroatoms. The van der Waals surface area contributed by atoms with Gasteiger partial charge >= 0.3 is 0 Å². The summed E-state index contributed by atoms with van der Waals surface area (Å²) in [6, 6.07) is 9.51. The van der Waals surface area contributed by atoms with Gasteiger partial charge in [-0.1, -0.05) is 12.1 Å². The van der Waals surface area contributed by atoms with E-state index in [4.69, 9.17) is 4.74 Å². The number of rotatable bonds is 11. The minimum Gasteiger partial charge on any atom is -0.383 e. The lowest BCUT2D eigenvalue weighted by Crippen LogP contribution is -2.45. The Labute approximate surface area is 182 Å². The van der Waals surface area contributed by atoms with Crippen molar-refractivity contribution in [3.05, 3.63) is 29.8 Å². The molecule has 6 nitrogen and oxygen atoms in total. The fourth-order valence-corrected chi connectivity index (χ4v) is 2.86. The Hall–Kier alpha value is -1.06. The number of benzene rings is 1. The van der Waals surface area contributed by atoms with E-state index in [0.717, 1.165) is 37.8 Å². The zero-order valence-corrected chi connectivity index (χ0v) is 20.0. The zero-order valence-electron chi connectivity index (χ0n) is 17.7. The van der Waals surface area contributed by atoms with Crippen LogP contribution in [0.2, 0.25) is 0 Å². The third-order valence-electron chi connectivity index (χ3n) is 4.26. The lowest BCUT2D eigenvalue weighted by atomic mass is 10.2. The minimum absolute atomic E-state index is 0. The van der Waals surface area contributed by atoms with Crippen molar-refractivity contribution in [1.82, 2.24) is 15.5 Å². The number of guanidine groups is 1. The van der Waals surface area contributed by atoms with Crippen LogP contribution in [-0.4, -0.2) is 63.3 Å². The van der Waals surface area contributed by atoms with Crippen molar-refractivity contribution in [3.63, 3.8) is 0 Å². The highest BCUT2D eigenvalue weighted by molar-refractivity contribution is 14.0. The fraction of sp³-hybridized carbons (Fsp3) is 0.650. The highest BCUT2D eigenvalue weighted by Gasteiger charge is 2.12. The number of methoxy groups -OCH3 is 1. The third-order valence-corrected chi connectivity index (χ3v) is 4.26. The summed E-state index contributed by atoms with van der Waals surface area (Å²) in [6.45, 7) is 13.1. The topological polar surface area (TPSA) is 60.9 Å². The third kappa shape index (κ3) is 10.8. The predicted molar refractivity (Wildman–Crippen MR) is 127 cm³/mol. The molecule has 0 saturated heterocycles. The number of nitrogens with one attached hydrogen (secondary N) is 3. The van der Waals surface area contributed by atoms with Crippen molar-refractivity contribution in [2.45, 2.75) is 46.3 Å². The normalized spacial score (nSPS) is 11.7. The van der Waals surface area contributed by atoms with E-state index in [1.54, 1.807) is 14.2 Å². The summed E-state index contributed by atoms with van der Waals surface area (Å²) >= 11 is 0. The SMILES string of the molecule is CN=C(NCCN(C(C)C)C(C)C)NCc1ccc(NCCOC)cc1.I. The van der Waals surface area contributed by atoms with E-state index in [2.05, 4.69) is 77.8 Å². The number of aliphatic imine (C=N–C) groups is 1. The maximum absolute atomic E-state index is 5.04. The Balaban J connectivity index is 0.00000676. The van der Waals surface area contributed by atoms with Crippen LogP contribution in [-0.2, 0) is 11.3 Å². The van der Waals surface area contributed by atoms with Crippen LogP contribution < -0.4 is 16.0 Å². The molecule has 0 saturated carbocycles. The quantitative estimate of drug-likeness (QED) is 0.192. The Kier molecular flexibility index (Phi) is 14.3. The molecule has 0 aliphatic carbocycles. The fourth-order valence-electron chi connectivity index (χ4n) is 2.86. The highest BCUT2D eigenvalue weighted by atomic mass is 127. The smallest absolute Gasteiger partial charge is 0.191 e. The molecule has 0 unspecified atom stereocenters. The van der Waals surface area contributed by atoms with E-state index < -0.39 is 0 Å². The average molecular weight is 491 g/mol. The van der Waals surface area contributed by atoms with Crippen LogP contribution >= 0.6 is 24.0 Å². The van der Waals surface area contributed by atoms with E-state index in [1.807, 2.05) is 0 Å². The van der Waals surface area contributed by atoms with Crippen molar-refractivity contribution in [2.24, 2.45) is 4.99 Å². The predicted octanol–water partition coefficient (Wildman–Crippen LogP) is 3.15. The standard InChI is InChI=1S/C20H37N5O.HI/c1-16(2)25(17(3)4)13-11-23-20(21-5)24-15-18-7-9-19(10-8-18)22-12-14-26-6;/h7-10,16-17,22H,11-15H2,1-6H3,(H2,21,23,24);1H. The molecule has 0 radical (unpaired) electrons. The molecule has 3 N–H and O–H groups in total. The number of ether oxygens (including phenoxy) is 1. The van der Waals surface area contributed by atoms with Crippen LogP contribution in [0, 0.1) is 0 Å². The summed E-state index contributed by atoms with van der Waals surface area (Å²) in [5, 5.41) is 10.1. The molecule has 0 bridgehead atoms. The van der Waals surface area contributed by atoms with Crippen LogP contribution in [0.15, 0.2) is 29.3 Å². The van der Waals surface area contributed by atoms with Crippen molar-refractivity contribution in [3.8, 4) is 0 Å². The van der Waals surface area contributed by atoms with E-state index in [1.165, 1.54) is 5.56 Å². The molecular weight excluding hydrogens is 453 g/mol. The summed E-state index contributed by atoms with van der Waals surface area (Å²) in [5.41, 5.74) is 2.33. The number of hydrogen-bond acceptors (Lipinski definition) is 4. The van der Waals surface area contributed by atoms with Gasteiger partial charge in [0.1, 0.15) is 0 Å². The van der Waals surface area contributed by atoms with Gasteiger partial charge in [0.15, 0.2) is 5.96 Å². The van der Waals surface area contributed by atoms with Gasteiger partial charge in [0.2, 0.25) is 0 Å². The molecule has 0 amide bonds. The first kappa shape index (κ1) is 25.9. The molecule has 27 heavy (non-hydrogen) atoms. The first-order valence-corrected chi connectivity index (χ1v) is 9.50. The molecule has 0 aromatic heterocycles. The monoisotopic (exact) mass is 491 g/mol. The van der Waals surface area contributed by atoms with Crippen LogP contribution in [0.3, 0.4) is 0 Å². The van der Waals surface area contributed by atoms with E-state index >= 15 is 0 Å². The van der Waals surface area contributed by atoms with Crippen molar-refractivity contribution in [2.75, 3.05) is 45.7 Å². The van der Waals surface area contributed by atoms with Crippen LogP contribution in [0.25, 0.3) is 0 Å². The van der Waals surface area contributed by atoms with Gasteiger partial charge in [0.05, 0.1) is 6.61 Å². The van der Waals surface area contributed by atoms with Gasteiger partial charge in [0.25, 0.3) is 0 Å². The van der Waals surface area contributed by atoms with E-state index in [9.17, 15) is 0 Å². The maximum atomic E-state index is 5.04. The number of nitrogens with zero attached hydrogens (tertiary/aromatic N) is 2. The second-order valence-electron chi connectivity index (χ2n) is 6.89. The molecule has 1 rings (SSSR count). The number of anilines is 1. The van der Waals surface area contributed by atoms with Crippen molar-refractivity contribution in [1.29, 1.82) is 0 Å². The van der Waals surface area contributed by atoms with Crippen LogP contribution in [0.4, 0.5) is 5.69 Å². The Morgan fingerprint density at radius 1 is 1.04 bits per heavy atom. The Bertz CT molecular complexity index is 512. The van der Waals surface area contributed by atoms with Gasteiger partial charge in [-0.25, -0.2) is 0 Å². The van der Waals surface area contributed by atoms with Gasteiger partial charge < -0.3 is 20.7 Å². The summed E-state index contributed by atoms with van der Waals surface area (Å²) in [6.07, 6.45) is 0. The molecule has 0 aliphatic rings. The molecule has 0 heterocycles. The lowest BCUT2D eigenvalue weighted by Gasteiger charge is -2.30. The van der Waals surface area contributed by atoms with Gasteiger partial charge in [-0.15, -0.1) is 24.0 Å². The summed E-state index contributed by atoms with van der Waals surface area (Å²) < 4.78 is 5.04. The average Bonchev–Trinajstić information content (AvgIpc) is 2.61. The summed E-state index contributed by atoms with van der Waals surface area (Å²) in [4.78, 5) is 6.77. The first-order valence-electron chi connectivity index (χ1n) is 9.50. The molecular formula is C20H38IN5O. The second-order valence-corrected chi connectivity index (χ2v) is 6.89. The second kappa shape index (κ2) is 14.9. The molecule has 0 fully saturated rings. The molecule has 156 valence electrons. The molecule has 0 spiro atoms. The highest BCUT2D eigenvalue weighted by Crippen LogP contribution is 2.09. The van der Waals surface area contributed by atoms with Gasteiger partial charge in [0, 0.05) is 58.1 Å². The minimum atomic E-state index is 0.